The van der Waals surface area contributed by atoms with Crippen molar-refractivity contribution in [3.63, 3.8) is 0 Å². The van der Waals surface area contributed by atoms with Gasteiger partial charge in [0.2, 0.25) is 0 Å². The number of benzene rings is 1. The smallest absolute Gasteiger partial charge is 0.308 e. The number of rotatable bonds is 6. The Bertz CT molecular complexity index is 600. The zero-order valence-corrected chi connectivity index (χ0v) is 12.2. The first-order chi connectivity index (χ1) is 10.2. The number of nitrogens with two attached hydrogens (primary N) is 1. The molecule has 2 rings (SSSR count). The van der Waals surface area contributed by atoms with Crippen LogP contribution in [0.4, 0.5) is 0 Å². The summed E-state index contributed by atoms with van der Waals surface area (Å²) >= 11 is 0. The maximum Gasteiger partial charge on any atom is 0.308 e. The van der Waals surface area contributed by atoms with Gasteiger partial charge in [0.15, 0.2) is 11.5 Å². The Morgan fingerprint density at radius 1 is 1.19 bits per heavy atom. The molecule has 0 saturated heterocycles. The first kappa shape index (κ1) is 15.0. The van der Waals surface area contributed by atoms with E-state index in [4.69, 9.17) is 9.47 Å². The number of hydrogen-bond donors (Lipinski definition) is 1. The van der Waals surface area contributed by atoms with Crippen LogP contribution in [0.5, 0.6) is 11.5 Å². The maximum atomic E-state index is 11.1. The molecule has 0 spiro atoms. The van der Waals surface area contributed by atoms with Crippen molar-refractivity contribution in [3.8, 4) is 11.5 Å². The summed E-state index contributed by atoms with van der Waals surface area (Å²) in [6.07, 6.45) is 1.79. The van der Waals surface area contributed by atoms with Gasteiger partial charge in [-0.15, -0.1) is 0 Å². The van der Waals surface area contributed by atoms with Crippen molar-refractivity contribution in [3.05, 3.63) is 53.9 Å². The van der Waals surface area contributed by atoms with E-state index in [1.165, 1.54) is 6.92 Å². The van der Waals surface area contributed by atoms with E-state index >= 15 is 0 Å². The lowest BCUT2D eigenvalue weighted by Gasteiger charge is -2.09. The van der Waals surface area contributed by atoms with Crippen molar-refractivity contribution in [1.82, 2.24) is 4.98 Å². The molecule has 1 aromatic heterocycles. The summed E-state index contributed by atoms with van der Waals surface area (Å²) in [4.78, 5) is 15.4. The molecule has 0 atom stereocenters. The lowest BCUT2D eigenvalue weighted by atomic mass is 10.2. The minimum Gasteiger partial charge on any atom is -0.493 e. The minimum absolute atomic E-state index is 0.358. The molecule has 0 fully saturated rings. The van der Waals surface area contributed by atoms with Crippen LogP contribution in [0, 0.1) is 0 Å². The summed E-state index contributed by atoms with van der Waals surface area (Å²) < 4.78 is 10.3. The third kappa shape index (κ3) is 4.57. The van der Waals surface area contributed by atoms with Crippen LogP contribution in [-0.2, 0) is 17.9 Å². The van der Waals surface area contributed by atoms with Gasteiger partial charge in [-0.25, -0.2) is 0 Å². The zero-order chi connectivity index (χ0) is 15.1. The fraction of sp³-hybridized carbons (Fsp3) is 0.250. The van der Waals surface area contributed by atoms with E-state index in [1.54, 1.807) is 13.3 Å². The Morgan fingerprint density at radius 2 is 2.05 bits per heavy atom. The van der Waals surface area contributed by atoms with Gasteiger partial charge in [0, 0.05) is 18.7 Å². The Morgan fingerprint density at radius 3 is 2.71 bits per heavy atom. The van der Waals surface area contributed by atoms with Crippen molar-refractivity contribution in [2.75, 3.05) is 7.11 Å². The molecule has 2 N–H and O–H groups in total. The van der Waals surface area contributed by atoms with Crippen LogP contribution < -0.4 is 14.8 Å². The van der Waals surface area contributed by atoms with E-state index in [0.29, 0.717) is 11.5 Å². The summed E-state index contributed by atoms with van der Waals surface area (Å²) in [5.41, 5.74) is 2.09. The fourth-order valence-corrected chi connectivity index (χ4v) is 1.99. The summed E-state index contributed by atoms with van der Waals surface area (Å²) in [5, 5.41) is 2.14. The molecule has 0 aliphatic heterocycles. The summed E-state index contributed by atoms with van der Waals surface area (Å²) in [5.74, 6) is 0.648. The van der Waals surface area contributed by atoms with Gasteiger partial charge in [0.1, 0.15) is 13.1 Å². The molecular weight excluding hydrogens is 268 g/mol. The second-order valence-corrected chi connectivity index (χ2v) is 4.60. The zero-order valence-electron chi connectivity index (χ0n) is 12.2. The number of ether oxygens (including phenoxy) is 2. The average molecular weight is 287 g/mol. The largest absolute Gasteiger partial charge is 0.493 e. The maximum absolute atomic E-state index is 11.1. The van der Waals surface area contributed by atoms with Gasteiger partial charge < -0.3 is 14.8 Å². The first-order valence-electron chi connectivity index (χ1n) is 6.76. The van der Waals surface area contributed by atoms with Gasteiger partial charge in [-0.3, -0.25) is 9.78 Å². The molecule has 0 saturated carbocycles. The quantitative estimate of drug-likeness (QED) is 0.642. The number of pyridine rings is 1. The molecular formula is C16H19N2O3+. The highest BCUT2D eigenvalue weighted by Gasteiger charge is 2.09. The van der Waals surface area contributed by atoms with Crippen molar-refractivity contribution in [2.24, 2.45) is 0 Å². The highest BCUT2D eigenvalue weighted by molar-refractivity contribution is 5.70. The van der Waals surface area contributed by atoms with Crippen LogP contribution in [-0.4, -0.2) is 18.1 Å². The number of aromatic nitrogens is 1. The predicted molar refractivity (Wildman–Crippen MR) is 77.9 cm³/mol. The predicted octanol–water partition coefficient (Wildman–Crippen LogP) is 1.28. The van der Waals surface area contributed by atoms with Crippen LogP contribution in [0.1, 0.15) is 18.2 Å². The monoisotopic (exact) mass is 287 g/mol. The summed E-state index contributed by atoms with van der Waals surface area (Å²) in [6.45, 7) is 2.95. The molecule has 0 aliphatic rings. The molecule has 5 nitrogen and oxygen atoms in total. The number of esters is 1. The molecule has 0 unspecified atom stereocenters. The Kier molecular flexibility index (Phi) is 5.29. The Labute approximate surface area is 123 Å². The Balaban J connectivity index is 1.98. The standard InChI is InChI=1S/C16H18N2O3/c1-12(19)21-16-9-13(6-7-15(16)20-2)10-17-11-14-5-3-4-8-18-14/h3-9,17H,10-11H2,1-2H3/p+1. The van der Waals surface area contributed by atoms with Gasteiger partial charge in [0.05, 0.1) is 12.8 Å². The summed E-state index contributed by atoms with van der Waals surface area (Å²) in [6, 6.07) is 11.5. The molecule has 0 radical (unpaired) electrons. The van der Waals surface area contributed by atoms with Gasteiger partial charge in [-0.05, 0) is 30.3 Å². The highest BCUT2D eigenvalue weighted by atomic mass is 16.6. The van der Waals surface area contributed by atoms with Gasteiger partial charge in [0.25, 0.3) is 0 Å². The van der Waals surface area contributed by atoms with E-state index in [2.05, 4.69) is 10.3 Å². The van der Waals surface area contributed by atoms with E-state index < -0.39 is 0 Å². The van der Waals surface area contributed by atoms with Crippen molar-refractivity contribution in [1.29, 1.82) is 0 Å². The van der Waals surface area contributed by atoms with Gasteiger partial charge in [-0.1, -0.05) is 6.07 Å². The SMILES string of the molecule is COc1ccc(C[NH2+]Cc2ccccn2)cc1OC(C)=O. The average Bonchev–Trinajstić information content (AvgIpc) is 2.48. The number of hydrogen-bond acceptors (Lipinski definition) is 4. The minimum atomic E-state index is -0.358. The molecule has 110 valence electrons. The third-order valence-corrected chi connectivity index (χ3v) is 2.94. The number of nitrogens with zero attached hydrogens (tertiary/aromatic N) is 1. The molecule has 0 bridgehead atoms. The van der Waals surface area contributed by atoms with Gasteiger partial charge in [-0.2, -0.15) is 0 Å². The van der Waals surface area contributed by atoms with E-state index in [-0.39, 0.29) is 5.97 Å². The van der Waals surface area contributed by atoms with Crippen LogP contribution >= 0.6 is 0 Å². The number of carbonyl (C=O) groups is 1. The van der Waals surface area contributed by atoms with Crippen molar-refractivity contribution < 1.29 is 19.6 Å². The first-order valence-corrected chi connectivity index (χ1v) is 6.76. The van der Waals surface area contributed by atoms with Crippen LogP contribution in [0.15, 0.2) is 42.6 Å². The molecule has 2 aromatic rings. The number of quaternary nitrogens is 1. The molecule has 5 heteroatoms. The number of methoxy groups -OCH3 is 1. The topological polar surface area (TPSA) is 65.0 Å². The van der Waals surface area contributed by atoms with E-state index in [9.17, 15) is 4.79 Å². The summed E-state index contributed by atoms with van der Waals surface area (Å²) in [7, 11) is 1.55. The highest BCUT2D eigenvalue weighted by Crippen LogP contribution is 2.27. The normalized spacial score (nSPS) is 10.2. The van der Waals surface area contributed by atoms with Crippen molar-refractivity contribution in [2.45, 2.75) is 20.0 Å². The molecule has 21 heavy (non-hydrogen) atoms. The van der Waals surface area contributed by atoms with Crippen molar-refractivity contribution >= 4 is 5.97 Å². The molecule has 0 amide bonds. The fourth-order valence-electron chi connectivity index (χ4n) is 1.99. The molecule has 1 aromatic carbocycles. The van der Waals surface area contributed by atoms with E-state index in [1.807, 2.05) is 36.4 Å². The van der Waals surface area contributed by atoms with Crippen LogP contribution in [0.3, 0.4) is 0 Å². The molecule has 1 heterocycles. The third-order valence-electron chi connectivity index (χ3n) is 2.94. The molecule has 0 aliphatic carbocycles. The lowest BCUT2D eigenvalue weighted by molar-refractivity contribution is -0.686. The van der Waals surface area contributed by atoms with Crippen LogP contribution in [0.25, 0.3) is 0 Å². The van der Waals surface area contributed by atoms with Crippen LogP contribution in [0.2, 0.25) is 0 Å². The lowest BCUT2D eigenvalue weighted by Crippen LogP contribution is -2.80. The second-order valence-electron chi connectivity index (χ2n) is 4.60. The number of carbonyl (C=O) groups excluding carboxylic acids is 1. The van der Waals surface area contributed by atoms with E-state index in [0.717, 1.165) is 24.3 Å². The van der Waals surface area contributed by atoms with Gasteiger partial charge >= 0.3 is 5.97 Å². The second kappa shape index (κ2) is 7.40. The Hall–Kier alpha value is -2.40.